The molecule has 0 radical (unpaired) electrons. The molecule has 20 nitrogen and oxygen atoms in total. The summed E-state index contributed by atoms with van der Waals surface area (Å²) in [5, 5.41) is 94.1. The third-order valence-corrected chi connectivity index (χ3v) is 18.2. The molecule has 2 spiro atoms. The molecule has 7 rings (SSSR count). The summed E-state index contributed by atoms with van der Waals surface area (Å²) in [5.41, 5.74) is -0.469. The third-order valence-electron chi connectivity index (χ3n) is 18.0. The van der Waals surface area contributed by atoms with E-state index in [9.17, 15) is 55.2 Å². The molecule has 0 saturated carbocycles. The van der Waals surface area contributed by atoms with Gasteiger partial charge in [-0.1, -0.05) is 88.4 Å². The molecular formula is C61H93ClO20. The highest BCUT2D eigenvalue weighted by molar-refractivity contribution is 6.30. The Morgan fingerprint density at radius 3 is 2.20 bits per heavy atom. The Bertz CT molecular complexity index is 2310. The van der Waals surface area contributed by atoms with Crippen LogP contribution in [0.4, 0.5) is 0 Å². The average Bonchev–Trinajstić information content (AvgIpc) is 1.80. The Hall–Kier alpha value is -3.00. The topological polar surface area (TPSA) is 296 Å². The number of carbonyl (C=O) groups excluding carboxylic acids is 3. The number of rotatable bonds is 8. The molecule has 464 valence electrons. The Labute approximate surface area is 487 Å². The van der Waals surface area contributed by atoms with E-state index in [1.165, 1.54) is 19.1 Å². The van der Waals surface area contributed by atoms with Crippen molar-refractivity contribution in [1.29, 1.82) is 0 Å². The van der Waals surface area contributed by atoms with Gasteiger partial charge in [-0.3, -0.25) is 14.4 Å². The second-order valence-electron chi connectivity index (χ2n) is 25.4. The number of aliphatic hydroxyl groups excluding tert-OH is 6. The van der Waals surface area contributed by atoms with Crippen LogP contribution in [0.15, 0.2) is 60.2 Å². The fourth-order valence-electron chi connectivity index (χ4n) is 13.8. The second kappa shape index (κ2) is 27.8. The number of methoxy groups -OCH3 is 1. The Balaban J connectivity index is 1.20. The highest BCUT2D eigenvalue weighted by Crippen LogP contribution is 2.48. The maximum Gasteiger partial charge on any atom is 0.308 e. The van der Waals surface area contributed by atoms with E-state index >= 15 is 0 Å². The summed E-state index contributed by atoms with van der Waals surface area (Å²) < 4.78 is 57.2. The zero-order chi connectivity index (χ0) is 60.2. The normalized spacial score (nSPS) is 45.8. The van der Waals surface area contributed by atoms with E-state index in [0.29, 0.717) is 49.7 Å². The van der Waals surface area contributed by atoms with Crippen LogP contribution in [0.5, 0.6) is 0 Å². The van der Waals surface area contributed by atoms with Gasteiger partial charge in [0.2, 0.25) is 0 Å². The molecule has 0 unspecified atom stereocenters. The van der Waals surface area contributed by atoms with Crippen molar-refractivity contribution < 1.29 is 97.9 Å². The zero-order valence-corrected chi connectivity index (χ0v) is 49.6. The van der Waals surface area contributed by atoms with E-state index < -0.39 is 163 Å². The molecular weight excluding hydrogens is 1090 g/mol. The van der Waals surface area contributed by atoms with Gasteiger partial charge in [0.15, 0.2) is 17.4 Å². The first-order chi connectivity index (χ1) is 38.4. The highest BCUT2D eigenvalue weighted by atomic mass is 35.5. The summed E-state index contributed by atoms with van der Waals surface area (Å²) in [6.07, 6.45) is -8.29. The van der Waals surface area contributed by atoms with Crippen molar-refractivity contribution >= 4 is 29.3 Å². The first-order valence-electron chi connectivity index (χ1n) is 29.4. The lowest BCUT2D eigenvalue weighted by Gasteiger charge is -2.52. The number of Topliss-reactive ketones (excluding diaryl/α,β-unsaturated/α-hetero) is 1. The van der Waals surface area contributed by atoms with Crippen molar-refractivity contribution in [2.45, 2.75) is 271 Å². The van der Waals surface area contributed by atoms with E-state index in [1.54, 1.807) is 41.7 Å². The van der Waals surface area contributed by atoms with Gasteiger partial charge in [-0.15, -0.1) is 0 Å². The van der Waals surface area contributed by atoms with E-state index in [2.05, 4.69) is 19.7 Å². The minimum atomic E-state index is -2.40. The number of ether oxygens (including phenoxy) is 9. The summed E-state index contributed by atoms with van der Waals surface area (Å²) in [5.74, 6) is -9.98. The molecule has 0 aromatic heterocycles. The third kappa shape index (κ3) is 16.9. The van der Waals surface area contributed by atoms with Crippen LogP contribution in [0.25, 0.3) is 0 Å². The quantitative estimate of drug-likeness (QED) is 0.0864. The van der Waals surface area contributed by atoms with E-state index in [0.717, 1.165) is 0 Å². The van der Waals surface area contributed by atoms with Crippen LogP contribution in [0.3, 0.4) is 0 Å². The second-order valence-corrected chi connectivity index (χ2v) is 25.8. The van der Waals surface area contributed by atoms with Gasteiger partial charge in [0.1, 0.15) is 30.2 Å². The number of hydrogen-bond donors (Lipinski definition) is 8. The number of carbonyl (C=O) groups is 3. The minimum absolute atomic E-state index is 0.00389. The van der Waals surface area contributed by atoms with E-state index in [4.69, 9.17) is 54.2 Å². The molecule has 0 aromatic rings. The fraction of sp³-hybridized carbons (Fsp3) is 0.787. The highest BCUT2D eigenvalue weighted by Gasteiger charge is 2.58. The van der Waals surface area contributed by atoms with Gasteiger partial charge >= 0.3 is 11.9 Å². The smallest absolute Gasteiger partial charge is 0.308 e. The molecule has 0 aromatic carbocycles. The van der Waals surface area contributed by atoms with Crippen LogP contribution in [0.1, 0.15) is 151 Å². The number of hydrogen-bond acceptors (Lipinski definition) is 20. The summed E-state index contributed by atoms with van der Waals surface area (Å²) in [4.78, 5) is 41.0. The lowest BCUT2D eigenvalue weighted by atomic mass is 9.78. The molecule has 8 N–H and O–H groups in total. The molecule has 6 fully saturated rings. The SMILES string of the molecule is C=C(Cl)/C=C/[C@@H](O)CC(=C)C[C@H]1O[C@@H]2[C@H](C)[C@@H](OC(=O)C[C@H]3C[C@H](OC(C)=O)C[C@@]4(C[C@@](C)(O)C[C@H](CC(=C)[C@@H](C)[C@H](O)[C@H](C)C(=O)C[C@@H]5C[C@H](OC)C[C@@]6(C[C@@H](O)C[C@H](/C=C\CCC[C@H]7O[C@](O)(C[C@H](O)[C@H]7C)[C@H]2O)O6)O5)O4)O3)[C@@H]1O. The van der Waals surface area contributed by atoms with Gasteiger partial charge in [-0.25, -0.2) is 0 Å². The van der Waals surface area contributed by atoms with Crippen molar-refractivity contribution in [1.82, 2.24) is 0 Å². The molecule has 0 aliphatic carbocycles. The predicted octanol–water partition coefficient (Wildman–Crippen LogP) is 5.34. The predicted molar refractivity (Wildman–Crippen MR) is 298 cm³/mol. The monoisotopic (exact) mass is 1180 g/mol. The number of ketones is 1. The van der Waals surface area contributed by atoms with Crippen molar-refractivity contribution in [3.05, 3.63) is 60.2 Å². The van der Waals surface area contributed by atoms with Crippen molar-refractivity contribution in [3.63, 3.8) is 0 Å². The summed E-state index contributed by atoms with van der Waals surface area (Å²) in [7, 11) is 1.58. The number of allylic oxidation sites excluding steroid dienone is 3. The Morgan fingerprint density at radius 2 is 1.50 bits per heavy atom. The number of fused-ring (bicyclic) bond motifs is 8. The van der Waals surface area contributed by atoms with E-state index in [-0.39, 0.29) is 74.7 Å². The number of halogens is 1. The molecule has 7 aliphatic heterocycles. The molecule has 82 heavy (non-hydrogen) atoms. The molecule has 7 aliphatic rings. The van der Waals surface area contributed by atoms with Crippen molar-refractivity contribution in [3.8, 4) is 0 Å². The van der Waals surface area contributed by atoms with Gasteiger partial charge in [0.25, 0.3) is 0 Å². The molecule has 24 atom stereocenters. The molecule has 10 bridgehead atoms. The average molecular weight is 1180 g/mol. The number of esters is 2. The van der Waals surface area contributed by atoms with Gasteiger partial charge in [-0.05, 0) is 51.5 Å². The van der Waals surface area contributed by atoms with Gasteiger partial charge in [-0.2, -0.15) is 0 Å². The first kappa shape index (κ1) is 66.5. The summed E-state index contributed by atoms with van der Waals surface area (Å²) in [6.45, 7) is 21.7. The van der Waals surface area contributed by atoms with Gasteiger partial charge in [0.05, 0.1) is 85.3 Å². The minimum Gasteiger partial charge on any atom is -0.462 e. The van der Waals surface area contributed by atoms with E-state index in [1.807, 2.05) is 12.2 Å². The van der Waals surface area contributed by atoms with Gasteiger partial charge in [0, 0.05) is 107 Å². The molecule has 21 heteroatoms. The van der Waals surface area contributed by atoms with Crippen LogP contribution < -0.4 is 0 Å². The van der Waals surface area contributed by atoms with Crippen LogP contribution in [-0.4, -0.2) is 186 Å². The first-order valence-corrected chi connectivity index (χ1v) is 29.8. The lowest BCUT2D eigenvalue weighted by molar-refractivity contribution is -0.351. The summed E-state index contributed by atoms with van der Waals surface area (Å²) >= 11 is 5.88. The zero-order valence-electron chi connectivity index (χ0n) is 48.9. The van der Waals surface area contributed by atoms with Crippen molar-refractivity contribution in [2.24, 2.45) is 23.7 Å². The maximum atomic E-state index is 14.4. The Kier molecular flexibility index (Phi) is 22.5. The Morgan fingerprint density at radius 1 is 0.829 bits per heavy atom. The van der Waals surface area contributed by atoms with Crippen LogP contribution >= 0.6 is 11.6 Å². The molecule has 7 heterocycles. The summed E-state index contributed by atoms with van der Waals surface area (Å²) in [6, 6.07) is 0. The molecule has 0 amide bonds. The van der Waals surface area contributed by atoms with Crippen molar-refractivity contribution in [2.75, 3.05) is 7.11 Å². The van der Waals surface area contributed by atoms with Crippen LogP contribution in [0.2, 0.25) is 0 Å². The molecule has 6 saturated heterocycles. The van der Waals surface area contributed by atoms with Crippen LogP contribution in [0, 0.1) is 23.7 Å². The van der Waals surface area contributed by atoms with Crippen LogP contribution in [-0.2, 0) is 57.0 Å². The standard InChI is InChI=1S/C61H93ClO20/c1-32(18-40(64)17-16-34(3)62)19-51-54(70)55-38(7)56(76-51)57(71)61(73)30-49(67)36(5)50(82-61)15-13-11-12-14-42-21-41(65)26-59(78-42)28-45(74-10)22-43(79-59)24-48(66)37(6)53(69)35(4)33(2)20-47-27-58(9,72)31-60(81-47)29-46(75-39(8)63)23-44(80-60)25-52(68)77-55/h12,14,16-17,35-38,40-47,49-51,53-57,64-65,67,69-73H,1-3,11,13,15,18-31H2,4-10H3/b14-12-,17-16+/t35-,36-,37-,38-,40-,41+,42+,43+,44-,45+,46+,47+,49+,50-,51-,53+,54-,55-,56-,57+,58+,59-,60-,61-/m1/s1. The van der Waals surface area contributed by atoms with Gasteiger partial charge < -0.3 is 83.5 Å². The maximum absolute atomic E-state index is 14.4. The fourth-order valence-corrected chi connectivity index (χ4v) is 13.8. The lowest BCUT2D eigenvalue weighted by Crippen LogP contribution is -2.65. The largest absolute Gasteiger partial charge is 0.462 e. The number of aliphatic hydroxyl groups is 8.